The van der Waals surface area contributed by atoms with Crippen molar-refractivity contribution in [1.82, 2.24) is 5.32 Å². The normalized spacial score (nSPS) is 12.1. The summed E-state index contributed by atoms with van der Waals surface area (Å²) in [5.74, 6) is -0.875. The Morgan fingerprint density at radius 1 is 1.30 bits per heavy atom. The molecule has 1 aromatic heterocycles. The minimum Gasteiger partial charge on any atom is -0.452 e. The van der Waals surface area contributed by atoms with E-state index in [1.54, 1.807) is 17.4 Å². The third kappa shape index (κ3) is 6.00. The zero-order valence-electron chi connectivity index (χ0n) is 12.5. The van der Waals surface area contributed by atoms with Crippen molar-refractivity contribution in [3.8, 4) is 0 Å². The SMILES string of the molecule is C[C@@H](NC(=O)COC(=O)/C=C/c1ccsc1)c1ccc(Br)cc1. The predicted octanol–water partition coefficient (Wildman–Crippen LogP) is 3.94. The first-order valence-corrected chi connectivity index (χ1v) is 8.70. The van der Waals surface area contributed by atoms with Gasteiger partial charge in [-0.3, -0.25) is 4.79 Å². The summed E-state index contributed by atoms with van der Waals surface area (Å²) in [6, 6.07) is 9.40. The van der Waals surface area contributed by atoms with E-state index < -0.39 is 5.97 Å². The van der Waals surface area contributed by atoms with Crippen LogP contribution in [0.1, 0.15) is 24.1 Å². The van der Waals surface area contributed by atoms with Crippen molar-refractivity contribution in [2.45, 2.75) is 13.0 Å². The van der Waals surface area contributed by atoms with Crippen molar-refractivity contribution in [1.29, 1.82) is 0 Å². The smallest absolute Gasteiger partial charge is 0.331 e. The summed E-state index contributed by atoms with van der Waals surface area (Å²) in [4.78, 5) is 23.4. The van der Waals surface area contributed by atoms with E-state index in [4.69, 9.17) is 4.74 Å². The molecular weight excluding hydrogens is 378 g/mol. The van der Waals surface area contributed by atoms with Crippen LogP contribution in [0.4, 0.5) is 0 Å². The zero-order valence-corrected chi connectivity index (χ0v) is 14.9. The number of hydrogen-bond donors (Lipinski definition) is 1. The Morgan fingerprint density at radius 3 is 2.70 bits per heavy atom. The molecule has 0 radical (unpaired) electrons. The molecule has 6 heteroatoms. The second kappa shape index (κ2) is 8.64. The van der Waals surface area contributed by atoms with Crippen LogP contribution >= 0.6 is 27.3 Å². The molecule has 0 saturated carbocycles. The lowest BCUT2D eigenvalue weighted by molar-refractivity contribution is -0.144. The molecule has 0 saturated heterocycles. The van der Waals surface area contributed by atoms with Crippen LogP contribution in [0.15, 0.2) is 51.6 Å². The highest BCUT2D eigenvalue weighted by molar-refractivity contribution is 9.10. The maximum Gasteiger partial charge on any atom is 0.331 e. The average molecular weight is 394 g/mol. The van der Waals surface area contributed by atoms with Gasteiger partial charge < -0.3 is 10.1 Å². The molecule has 4 nitrogen and oxygen atoms in total. The zero-order chi connectivity index (χ0) is 16.7. The van der Waals surface area contributed by atoms with Gasteiger partial charge in [0.1, 0.15) is 0 Å². The molecule has 2 rings (SSSR count). The van der Waals surface area contributed by atoms with Crippen LogP contribution in [0.3, 0.4) is 0 Å². The van der Waals surface area contributed by atoms with Crippen molar-refractivity contribution in [3.05, 3.63) is 62.8 Å². The first-order chi connectivity index (χ1) is 11.0. The van der Waals surface area contributed by atoms with E-state index in [-0.39, 0.29) is 18.6 Å². The van der Waals surface area contributed by atoms with Gasteiger partial charge in [-0.2, -0.15) is 11.3 Å². The molecule has 23 heavy (non-hydrogen) atoms. The number of rotatable bonds is 6. The maximum absolute atomic E-state index is 11.8. The summed E-state index contributed by atoms with van der Waals surface area (Å²) in [6.07, 6.45) is 2.97. The fourth-order valence-electron chi connectivity index (χ4n) is 1.84. The first kappa shape index (κ1) is 17.4. The van der Waals surface area contributed by atoms with Gasteiger partial charge in [-0.25, -0.2) is 4.79 Å². The lowest BCUT2D eigenvalue weighted by Gasteiger charge is -2.14. The number of thiophene rings is 1. The minimum absolute atomic E-state index is 0.157. The topological polar surface area (TPSA) is 55.4 Å². The van der Waals surface area contributed by atoms with E-state index in [2.05, 4.69) is 21.2 Å². The Bertz CT molecular complexity index is 680. The lowest BCUT2D eigenvalue weighted by Crippen LogP contribution is -2.30. The van der Waals surface area contributed by atoms with Crippen LogP contribution in [0.2, 0.25) is 0 Å². The summed E-state index contributed by atoms with van der Waals surface area (Å²) in [7, 11) is 0. The number of amides is 1. The van der Waals surface area contributed by atoms with Crippen LogP contribution < -0.4 is 5.32 Å². The Labute approximate surface area is 147 Å². The third-order valence-electron chi connectivity index (χ3n) is 3.05. The van der Waals surface area contributed by atoms with Crippen molar-refractivity contribution >= 4 is 45.2 Å². The van der Waals surface area contributed by atoms with Crippen LogP contribution in [0, 0.1) is 0 Å². The quantitative estimate of drug-likeness (QED) is 0.597. The van der Waals surface area contributed by atoms with E-state index in [0.717, 1.165) is 15.6 Å². The van der Waals surface area contributed by atoms with Crippen LogP contribution in [0.25, 0.3) is 6.08 Å². The third-order valence-corrected chi connectivity index (χ3v) is 4.28. The number of carbonyl (C=O) groups is 2. The van der Waals surface area contributed by atoms with Gasteiger partial charge in [-0.1, -0.05) is 28.1 Å². The Balaban J connectivity index is 1.76. The van der Waals surface area contributed by atoms with Gasteiger partial charge in [0.25, 0.3) is 5.91 Å². The Morgan fingerprint density at radius 2 is 2.04 bits per heavy atom. The van der Waals surface area contributed by atoms with Gasteiger partial charge in [0.05, 0.1) is 6.04 Å². The van der Waals surface area contributed by atoms with Gasteiger partial charge >= 0.3 is 5.97 Å². The van der Waals surface area contributed by atoms with E-state index in [1.807, 2.05) is 48.0 Å². The molecule has 0 aliphatic heterocycles. The molecule has 2 aromatic rings. The Hall–Kier alpha value is -1.92. The van der Waals surface area contributed by atoms with Gasteiger partial charge in [0.2, 0.25) is 0 Å². The molecule has 0 unspecified atom stereocenters. The fraction of sp³-hybridized carbons (Fsp3) is 0.176. The number of carbonyl (C=O) groups excluding carboxylic acids is 2. The van der Waals surface area contributed by atoms with Crippen molar-refractivity contribution in [2.24, 2.45) is 0 Å². The largest absolute Gasteiger partial charge is 0.452 e. The summed E-state index contributed by atoms with van der Waals surface area (Å²) in [5, 5.41) is 6.62. The average Bonchev–Trinajstić information content (AvgIpc) is 3.05. The molecule has 0 aliphatic carbocycles. The second-order valence-electron chi connectivity index (χ2n) is 4.84. The standard InChI is InChI=1S/C17H16BrNO3S/c1-12(14-3-5-15(18)6-4-14)19-16(20)10-22-17(21)7-2-13-8-9-23-11-13/h2-9,11-12H,10H2,1H3,(H,19,20)/b7-2+/t12-/m1/s1. The monoisotopic (exact) mass is 393 g/mol. The van der Waals surface area contributed by atoms with Gasteiger partial charge in [0, 0.05) is 10.5 Å². The fourth-order valence-corrected chi connectivity index (χ4v) is 2.73. The highest BCUT2D eigenvalue weighted by atomic mass is 79.9. The van der Waals surface area contributed by atoms with E-state index in [9.17, 15) is 9.59 Å². The number of ether oxygens (including phenoxy) is 1. The molecule has 0 fully saturated rings. The van der Waals surface area contributed by atoms with Crippen molar-refractivity contribution in [2.75, 3.05) is 6.61 Å². The summed E-state index contributed by atoms with van der Waals surface area (Å²) < 4.78 is 5.89. The highest BCUT2D eigenvalue weighted by Gasteiger charge is 2.11. The summed E-state index contributed by atoms with van der Waals surface area (Å²) in [5.41, 5.74) is 1.91. The van der Waals surface area contributed by atoms with Gasteiger partial charge in [-0.05, 0) is 53.1 Å². The number of esters is 1. The number of halogens is 1. The number of hydrogen-bond acceptors (Lipinski definition) is 4. The molecule has 1 amide bonds. The molecule has 0 spiro atoms. The highest BCUT2D eigenvalue weighted by Crippen LogP contribution is 2.16. The maximum atomic E-state index is 11.8. The van der Waals surface area contributed by atoms with Crippen molar-refractivity contribution < 1.29 is 14.3 Å². The molecule has 1 aromatic carbocycles. The minimum atomic E-state index is -0.539. The predicted molar refractivity (Wildman–Crippen MR) is 95.0 cm³/mol. The van der Waals surface area contributed by atoms with Crippen LogP contribution in [0.5, 0.6) is 0 Å². The summed E-state index contributed by atoms with van der Waals surface area (Å²) >= 11 is 4.91. The van der Waals surface area contributed by atoms with Crippen LogP contribution in [-0.4, -0.2) is 18.5 Å². The molecule has 1 atom stereocenters. The van der Waals surface area contributed by atoms with Gasteiger partial charge in [0.15, 0.2) is 6.61 Å². The number of benzene rings is 1. The molecule has 1 heterocycles. The van der Waals surface area contributed by atoms with E-state index in [1.165, 1.54) is 6.08 Å². The Kier molecular flexibility index (Phi) is 6.55. The molecule has 0 aliphatic rings. The molecule has 1 N–H and O–H groups in total. The van der Waals surface area contributed by atoms with Gasteiger partial charge in [-0.15, -0.1) is 0 Å². The lowest BCUT2D eigenvalue weighted by atomic mass is 10.1. The second-order valence-corrected chi connectivity index (χ2v) is 6.53. The van der Waals surface area contributed by atoms with Crippen LogP contribution in [-0.2, 0) is 14.3 Å². The number of nitrogens with one attached hydrogen (secondary N) is 1. The van der Waals surface area contributed by atoms with E-state index >= 15 is 0 Å². The molecule has 120 valence electrons. The van der Waals surface area contributed by atoms with Crippen molar-refractivity contribution in [3.63, 3.8) is 0 Å². The molecule has 0 bridgehead atoms. The first-order valence-electron chi connectivity index (χ1n) is 6.96. The molecular formula is C17H16BrNO3S. The van der Waals surface area contributed by atoms with E-state index in [0.29, 0.717) is 0 Å². The summed E-state index contributed by atoms with van der Waals surface area (Å²) in [6.45, 7) is 1.58.